The van der Waals surface area contributed by atoms with Crippen LogP contribution < -0.4 is 4.90 Å². The molecule has 0 radical (unpaired) electrons. The topological polar surface area (TPSA) is 154 Å². The van der Waals surface area contributed by atoms with Crippen LogP contribution in [-0.4, -0.2) is 49.8 Å². The van der Waals surface area contributed by atoms with Crippen LogP contribution in [0.15, 0.2) is 78.0 Å². The Labute approximate surface area is 259 Å². The van der Waals surface area contributed by atoms with E-state index < -0.39 is 58.8 Å². The molecule has 4 atom stereocenters. The highest BCUT2D eigenvalue weighted by molar-refractivity contribution is 6.22. The molecule has 1 saturated heterocycles. The summed E-state index contributed by atoms with van der Waals surface area (Å²) < 4.78 is 14.1. The molecule has 1 aliphatic carbocycles. The molecule has 2 amide bonds. The Morgan fingerprint density at radius 3 is 2.62 bits per heavy atom. The fourth-order valence-corrected chi connectivity index (χ4v) is 6.59. The van der Waals surface area contributed by atoms with Crippen molar-refractivity contribution in [2.24, 2.45) is 17.8 Å². The normalized spacial score (nSPS) is 20.8. The molecule has 1 aliphatic heterocycles. The van der Waals surface area contributed by atoms with Crippen LogP contribution in [0.2, 0.25) is 0 Å². The van der Waals surface area contributed by atoms with Gasteiger partial charge in [0, 0.05) is 24.2 Å². The first-order chi connectivity index (χ1) is 21.6. The Bertz CT molecular complexity index is 1670. The number of nitro groups is 1. The van der Waals surface area contributed by atoms with E-state index in [4.69, 9.17) is 0 Å². The lowest BCUT2D eigenvalue weighted by Crippen LogP contribution is -2.39. The lowest BCUT2D eigenvalue weighted by Gasteiger charge is -2.36. The quantitative estimate of drug-likeness (QED) is 0.112. The van der Waals surface area contributed by atoms with Crippen molar-refractivity contribution in [2.45, 2.75) is 45.1 Å². The van der Waals surface area contributed by atoms with Gasteiger partial charge in [-0.05, 0) is 78.8 Å². The number of non-ortho nitro benzene ring substituents is 1. The van der Waals surface area contributed by atoms with Gasteiger partial charge >= 0.3 is 0 Å². The van der Waals surface area contributed by atoms with Gasteiger partial charge in [-0.15, -0.1) is 0 Å². The summed E-state index contributed by atoms with van der Waals surface area (Å²) in [4.78, 5) is 43.6. The maximum Gasteiger partial charge on any atom is 0.271 e. The SMILES string of the molecule is CCCC1=C([C@H](O)CC/C(=C/c2ccc(O)c(F)c2)c2ccccn2)[C@H](CO)[C@@H]2C(=O)N(c3cccc([N+](=O)[O-])c3)C(=O)[C@@H]2C1. The van der Waals surface area contributed by atoms with Crippen molar-refractivity contribution in [1.82, 2.24) is 4.98 Å². The third kappa shape index (κ3) is 6.40. The lowest BCUT2D eigenvalue weighted by molar-refractivity contribution is -0.384. The monoisotopic (exact) mass is 615 g/mol. The molecule has 0 bridgehead atoms. The highest BCUT2D eigenvalue weighted by Gasteiger charge is 2.55. The minimum atomic E-state index is -1.07. The summed E-state index contributed by atoms with van der Waals surface area (Å²) >= 11 is 0. The van der Waals surface area contributed by atoms with E-state index in [1.165, 1.54) is 36.4 Å². The average Bonchev–Trinajstić information content (AvgIpc) is 3.29. The minimum Gasteiger partial charge on any atom is -0.505 e. The summed E-state index contributed by atoms with van der Waals surface area (Å²) in [5.74, 6) is -4.80. The molecular formula is C34H34FN3O7. The number of aromatic nitrogens is 1. The second-order valence-electron chi connectivity index (χ2n) is 11.4. The van der Waals surface area contributed by atoms with Crippen molar-refractivity contribution in [3.05, 3.63) is 105 Å². The second-order valence-corrected chi connectivity index (χ2v) is 11.4. The summed E-state index contributed by atoms with van der Waals surface area (Å²) in [5, 5.41) is 43.3. The summed E-state index contributed by atoms with van der Waals surface area (Å²) in [7, 11) is 0. The second kappa shape index (κ2) is 13.5. The predicted molar refractivity (Wildman–Crippen MR) is 165 cm³/mol. The Balaban J connectivity index is 1.45. The van der Waals surface area contributed by atoms with E-state index in [0.29, 0.717) is 41.7 Å². The zero-order valence-corrected chi connectivity index (χ0v) is 24.7. The number of hydrogen-bond donors (Lipinski definition) is 3. The maximum absolute atomic E-state index is 14.1. The molecule has 2 heterocycles. The fraction of sp³-hybridized carbons (Fsp3) is 0.324. The molecule has 11 heteroatoms. The summed E-state index contributed by atoms with van der Waals surface area (Å²) in [6.45, 7) is 1.49. The molecule has 234 valence electrons. The average molecular weight is 616 g/mol. The van der Waals surface area contributed by atoms with Gasteiger partial charge < -0.3 is 15.3 Å². The van der Waals surface area contributed by atoms with Crippen LogP contribution in [0.3, 0.4) is 0 Å². The van der Waals surface area contributed by atoms with Crippen molar-refractivity contribution in [2.75, 3.05) is 11.5 Å². The molecule has 2 aromatic carbocycles. The standard InChI is InChI=1S/C34H34FN3O7/c1-2-6-22-17-25-32(34(43)37(33(25)42)23-7-5-8-24(18-23)38(44)45)26(19-39)31(22)30(41)13-11-21(28-9-3-4-14-36-28)15-20-10-12-29(40)27(35)16-20/h3-5,7-10,12,14-16,18,25-26,30,32,39-41H,2,6,11,13,17,19H2,1H3/b21-15-/t25-,26+,30-,32-/m1/s1. The van der Waals surface area contributed by atoms with Crippen LogP contribution in [0.25, 0.3) is 11.6 Å². The number of phenolic OH excluding ortho intramolecular Hbond substituents is 1. The van der Waals surface area contributed by atoms with Gasteiger partial charge in [0.25, 0.3) is 5.69 Å². The number of halogens is 1. The number of aliphatic hydroxyl groups excluding tert-OH is 2. The molecule has 45 heavy (non-hydrogen) atoms. The first kappa shape index (κ1) is 31.7. The van der Waals surface area contributed by atoms with Crippen molar-refractivity contribution in [1.29, 1.82) is 0 Å². The molecule has 0 spiro atoms. The van der Waals surface area contributed by atoms with E-state index in [0.717, 1.165) is 10.5 Å². The minimum absolute atomic E-state index is 0.0974. The number of nitro benzene ring substituents is 1. The Hall–Kier alpha value is -4.74. The van der Waals surface area contributed by atoms with Crippen LogP contribution in [0.5, 0.6) is 5.75 Å². The fourth-order valence-electron chi connectivity index (χ4n) is 6.59. The third-order valence-electron chi connectivity index (χ3n) is 8.58. The van der Waals surface area contributed by atoms with E-state index in [2.05, 4.69) is 4.98 Å². The molecule has 10 nitrogen and oxygen atoms in total. The third-order valence-corrected chi connectivity index (χ3v) is 8.58. The van der Waals surface area contributed by atoms with E-state index >= 15 is 0 Å². The Kier molecular flexibility index (Phi) is 9.50. The highest BCUT2D eigenvalue weighted by Crippen LogP contribution is 2.48. The number of aromatic hydroxyl groups is 1. The number of imide groups is 1. The lowest BCUT2D eigenvalue weighted by atomic mass is 9.67. The largest absolute Gasteiger partial charge is 0.505 e. The molecule has 1 aromatic heterocycles. The van der Waals surface area contributed by atoms with E-state index in [1.54, 1.807) is 30.5 Å². The highest BCUT2D eigenvalue weighted by atomic mass is 19.1. The molecule has 3 N–H and O–H groups in total. The van der Waals surface area contributed by atoms with Crippen LogP contribution in [-0.2, 0) is 9.59 Å². The number of carbonyl (C=O) groups is 2. The number of hydrogen-bond acceptors (Lipinski definition) is 8. The van der Waals surface area contributed by atoms with Crippen LogP contribution >= 0.6 is 0 Å². The van der Waals surface area contributed by atoms with Crippen LogP contribution in [0, 0.1) is 33.7 Å². The smallest absolute Gasteiger partial charge is 0.271 e. The number of phenols is 1. The van der Waals surface area contributed by atoms with Crippen molar-refractivity contribution in [3.8, 4) is 5.75 Å². The van der Waals surface area contributed by atoms with Crippen molar-refractivity contribution < 1.29 is 34.2 Å². The molecule has 0 saturated carbocycles. The Morgan fingerprint density at radius 2 is 1.96 bits per heavy atom. The number of anilines is 1. The van der Waals surface area contributed by atoms with Crippen molar-refractivity contribution in [3.63, 3.8) is 0 Å². The van der Waals surface area contributed by atoms with E-state index in [-0.39, 0.29) is 24.2 Å². The number of carbonyl (C=O) groups excluding carboxylic acids is 2. The number of aliphatic hydroxyl groups is 2. The zero-order valence-electron chi connectivity index (χ0n) is 24.7. The summed E-state index contributed by atoms with van der Waals surface area (Å²) in [6, 6.07) is 14.7. The van der Waals surface area contributed by atoms with Crippen LogP contribution in [0.1, 0.15) is 50.3 Å². The summed E-state index contributed by atoms with van der Waals surface area (Å²) in [5.41, 5.74) is 3.02. The van der Waals surface area contributed by atoms with Gasteiger partial charge in [-0.2, -0.15) is 0 Å². The first-order valence-electron chi connectivity index (χ1n) is 14.9. The Morgan fingerprint density at radius 1 is 1.16 bits per heavy atom. The zero-order chi connectivity index (χ0) is 32.2. The molecule has 2 aliphatic rings. The van der Waals surface area contributed by atoms with Crippen LogP contribution in [0.4, 0.5) is 15.8 Å². The molecular weight excluding hydrogens is 581 g/mol. The summed E-state index contributed by atoms with van der Waals surface area (Å²) in [6.07, 6.45) is 4.28. The van der Waals surface area contributed by atoms with Crippen molar-refractivity contribution >= 4 is 34.8 Å². The number of amides is 2. The van der Waals surface area contributed by atoms with Gasteiger partial charge in [0.15, 0.2) is 11.6 Å². The van der Waals surface area contributed by atoms with Gasteiger partial charge in [-0.25, -0.2) is 9.29 Å². The number of rotatable bonds is 11. The van der Waals surface area contributed by atoms with E-state index in [9.17, 15) is 39.4 Å². The predicted octanol–water partition coefficient (Wildman–Crippen LogP) is 5.43. The molecule has 3 aromatic rings. The van der Waals surface area contributed by atoms with Gasteiger partial charge in [0.1, 0.15) is 0 Å². The molecule has 0 unspecified atom stereocenters. The van der Waals surface area contributed by atoms with Gasteiger partial charge in [0.05, 0.1) is 40.9 Å². The van der Waals surface area contributed by atoms with Gasteiger partial charge in [-0.3, -0.25) is 24.7 Å². The van der Waals surface area contributed by atoms with E-state index in [1.807, 2.05) is 13.0 Å². The number of allylic oxidation sites excluding steroid dienone is 2. The maximum atomic E-state index is 14.1. The first-order valence-corrected chi connectivity index (χ1v) is 14.9. The molecule has 5 rings (SSSR count). The number of nitrogens with zero attached hydrogens (tertiary/aromatic N) is 3. The number of fused-ring (bicyclic) bond motifs is 1. The van der Waals surface area contributed by atoms with Gasteiger partial charge in [0.2, 0.25) is 11.8 Å². The van der Waals surface area contributed by atoms with Gasteiger partial charge in [-0.1, -0.05) is 37.1 Å². The molecule has 1 fully saturated rings. The number of benzene rings is 2. The number of pyridine rings is 1.